The van der Waals surface area contributed by atoms with E-state index in [4.69, 9.17) is 0 Å². The second-order valence-corrected chi connectivity index (χ2v) is 3.77. The van der Waals surface area contributed by atoms with Crippen molar-refractivity contribution >= 4 is 0 Å². The average Bonchev–Trinajstić information content (AvgIpc) is 2.15. The Labute approximate surface area is 64.2 Å². The van der Waals surface area contributed by atoms with Crippen LogP contribution in [0.1, 0.15) is 39.5 Å². The zero-order chi connectivity index (χ0) is 7.45. The summed E-state index contributed by atoms with van der Waals surface area (Å²) in [6.45, 7) is 7.19. The van der Waals surface area contributed by atoms with E-state index in [1.165, 1.54) is 38.8 Å². The zero-order valence-electron chi connectivity index (χ0n) is 7.24. The van der Waals surface area contributed by atoms with Gasteiger partial charge in [0, 0.05) is 0 Å². The molecular weight excluding hydrogens is 122 g/mol. The fraction of sp³-hybridized carbons (Fsp3) is 1.00. The van der Waals surface area contributed by atoms with Crippen molar-refractivity contribution in [2.24, 2.45) is 5.41 Å². The van der Waals surface area contributed by atoms with Gasteiger partial charge in [-0.3, -0.25) is 0 Å². The van der Waals surface area contributed by atoms with E-state index < -0.39 is 0 Å². The lowest BCUT2D eigenvalue weighted by Gasteiger charge is -2.25. The fourth-order valence-electron chi connectivity index (χ4n) is 1.63. The van der Waals surface area contributed by atoms with Gasteiger partial charge in [-0.05, 0) is 37.8 Å². The molecule has 0 spiro atoms. The largest absolute Gasteiger partial charge is 0.317 e. The molecule has 0 saturated carbocycles. The number of hydrogen-bond donors (Lipinski definition) is 1. The molecule has 1 fully saturated rings. The minimum Gasteiger partial charge on any atom is -0.317 e. The SMILES string of the molecule is CC[C@@]1(C)CCCNCC1. The maximum Gasteiger partial charge on any atom is -0.00437 e. The summed E-state index contributed by atoms with van der Waals surface area (Å²) >= 11 is 0. The van der Waals surface area contributed by atoms with Crippen molar-refractivity contribution in [3.8, 4) is 0 Å². The van der Waals surface area contributed by atoms with Gasteiger partial charge in [0.2, 0.25) is 0 Å². The van der Waals surface area contributed by atoms with Crippen LogP contribution in [0.5, 0.6) is 0 Å². The quantitative estimate of drug-likeness (QED) is 0.590. The topological polar surface area (TPSA) is 12.0 Å². The summed E-state index contributed by atoms with van der Waals surface area (Å²) < 4.78 is 0. The predicted octanol–water partition coefficient (Wildman–Crippen LogP) is 2.18. The second kappa shape index (κ2) is 3.38. The minimum atomic E-state index is 0.642. The van der Waals surface area contributed by atoms with Crippen molar-refractivity contribution in [1.29, 1.82) is 0 Å². The number of nitrogens with one attached hydrogen (secondary N) is 1. The summed E-state index contributed by atoms with van der Waals surface area (Å²) in [6, 6.07) is 0. The van der Waals surface area contributed by atoms with Crippen LogP contribution in [-0.2, 0) is 0 Å². The van der Waals surface area contributed by atoms with Crippen LogP contribution in [-0.4, -0.2) is 13.1 Å². The molecule has 10 heavy (non-hydrogen) atoms. The monoisotopic (exact) mass is 141 g/mol. The lowest BCUT2D eigenvalue weighted by Crippen LogP contribution is -2.18. The molecule has 1 rings (SSSR count). The third kappa shape index (κ3) is 1.98. The first-order chi connectivity index (χ1) is 4.77. The Balaban J connectivity index is 2.41. The van der Waals surface area contributed by atoms with Crippen LogP contribution >= 0.6 is 0 Å². The van der Waals surface area contributed by atoms with Crippen molar-refractivity contribution in [1.82, 2.24) is 5.32 Å². The van der Waals surface area contributed by atoms with Crippen LogP contribution in [0.2, 0.25) is 0 Å². The molecule has 0 aromatic rings. The van der Waals surface area contributed by atoms with Crippen LogP contribution < -0.4 is 5.32 Å². The molecule has 0 aromatic heterocycles. The van der Waals surface area contributed by atoms with Crippen molar-refractivity contribution in [2.45, 2.75) is 39.5 Å². The maximum absolute atomic E-state index is 3.44. The van der Waals surface area contributed by atoms with Crippen LogP contribution in [0.25, 0.3) is 0 Å². The predicted molar refractivity (Wildman–Crippen MR) is 45.1 cm³/mol. The molecule has 1 nitrogen and oxygen atoms in total. The highest BCUT2D eigenvalue weighted by atomic mass is 14.9. The van der Waals surface area contributed by atoms with Gasteiger partial charge in [-0.1, -0.05) is 20.3 Å². The van der Waals surface area contributed by atoms with E-state index in [-0.39, 0.29) is 0 Å². The first kappa shape index (κ1) is 8.06. The number of hydrogen-bond acceptors (Lipinski definition) is 1. The van der Waals surface area contributed by atoms with Crippen molar-refractivity contribution in [3.63, 3.8) is 0 Å². The maximum atomic E-state index is 3.44. The van der Waals surface area contributed by atoms with E-state index in [1.54, 1.807) is 0 Å². The highest BCUT2D eigenvalue weighted by Crippen LogP contribution is 2.31. The van der Waals surface area contributed by atoms with Crippen molar-refractivity contribution in [3.05, 3.63) is 0 Å². The van der Waals surface area contributed by atoms with E-state index in [0.29, 0.717) is 5.41 Å². The van der Waals surface area contributed by atoms with Crippen LogP contribution in [0.4, 0.5) is 0 Å². The van der Waals surface area contributed by atoms with Crippen molar-refractivity contribution in [2.75, 3.05) is 13.1 Å². The smallest absolute Gasteiger partial charge is 0.00437 e. The zero-order valence-corrected chi connectivity index (χ0v) is 7.24. The van der Waals surface area contributed by atoms with Crippen molar-refractivity contribution < 1.29 is 0 Å². The Morgan fingerprint density at radius 1 is 1.30 bits per heavy atom. The van der Waals surface area contributed by atoms with Crippen LogP contribution in [0.15, 0.2) is 0 Å². The molecule has 1 heteroatoms. The summed E-state index contributed by atoms with van der Waals surface area (Å²) in [5, 5.41) is 3.44. The summed E-state index contributed by atoms with van der Waals surface area (Å²) in [5.41, 5.74) is 0.642. The van der Waals surface area contributed by atoms with Gasteiger partial charge in [-0.15, -0.1) is 0 Å². The summed E-state index contributed by atoms with van der Waals surface area (Å²) in [6.07, 6.45) is 5.49. The number of rotatable bonds is 1. The summed E-state index contributed by atoms with van der Waals surface area (Å²) in [7, 11) is 0. The van der Waals surface area contributed by atoms with Gasteiger partial charge in [0.1, 0.15) is 0 Å². The average molecular weight is 141 g/mol. The molecular formula is C9H19N. The second-order valence-electron chi connectivity index (χ2n) is 3.77. The van der Waals surface area contributed by atoms with Crippen LogP contribution in [0, 0.1) is 5.41 Å². The molecule has 0 aromatic carbocycles. The molecule has 1 atom stereocenters. The van der Waals surface area contributed by atoms with E-state index in [2.05, 4.69) is 19.2 Å². The molecule has 1 aliphatic heterocycles. The van der Waals surface area contributed by atoms with E-state index >= 15 is 0 Å². The third-order valence-corrected chi connectivity index (χ3v) is 2.89. The van der Waals surface area contributed by atoms with Gasteiger partial charge in [-0.2, -0.15) is 0 Å². The van der Waals surface area contributed by atoms with Gasteiger partial charge in [0.05, 0.1) is 0 Å². The minimum absolute atomic E-state index is 0.642. The summed E-state index contributed by atoms with van der Waals surface area (Å²) in [5.74, 6) is 0. The first-order valence-corrected chi connectivity index (χ1v) is 4.47. The van der Waals surface area contributed by atoms with E-state index in [0.717, 1.165) is 0 Å². The Kier molecular flexibility index (Phi) is 2.72. The Hall–Kier alpha value is -0.0400. The normalized spacial score (nSPS) is 35.4. The van der Waals surface area contributed by atoms with Gasteiger partial charge in [-0.25, -0.2) is 0 Å². The summed E-state index contributed by atoms with van der Waals surface area (Å²) in [4.78, 5) is 0. The van der Waals surface area contributed by atoms with Gasteiger partial charge in [0.15, 0.2) is 0 Å². The molecule has 0 unspecified atom stereocenters. The van der Waals surface area contributed by atoms with Gasteiger partial charge in [0.25, 0.3) is 0 Å². The van der Waals surface area contributed by atoms with Gasteiger partial charge < -0.3 is 5.32 Å². The molecule has 1 saturated heterocycles. The van der Waals surface area contributed by atoms with E-state index in [1.807, 2.05) is 0 Å². The third-order valence-electron chi connectivity index (χ3n) is 2.89. The molecule has 0 amide bonds. The molecule has 1 heterocycles. The van der Waals surface area contributed by atoms with Gasteiger partial charge >= 0.3 is 0 Å². The molecule has 1 aliphatic rings. The Morgan fingerprint density at radius 3 is 2.80 bits per heavy atom. The standard InChI is InChI=1S/C9H19N/c1-3-9(2)5-4-7-10-8-6-9/h10H,3-8H2,1-2H3/t9-/m0/s1. The molecule has 60 valence electrons. The Bertz CT molecular complexity index is 90.9. The molecule has 0 aliphatic carbocycles. The lowest BCUT2D eigenvalue weighted by atomic mass is 9.81. The lowest BCUT2D eigenvalue weighted by molar-refractivity contribution is 0.274. The van der Waals surface area contributed by atoms with E-state index in [9.17, 15) is 0 Å². The fourth-order valence-corrected chi connectivity index (χ4v) is 1.63. The van der Waals surface area contributed by atoms with Crippen LogP contribution in [0.3, 0.4) is 0 Å². The molecule has 1 N–H and O–H groups in total. The highest BCUT2D eigenvalue weighted by molar-refractivity contribution is 4.76. The Morgan fingerprint density at radius 2 is 2.10 bits per heavy atom. The molecule has 0 bridgehead atoms. The molecule has 0 radical (unpaired) electrons. The highest BCUT2D eigenvalue weighted by Gasteiger charge is 2.22. The first-order valence-electron chi connectivity index (χ1n) is 4.47.